The minimum absolute atomic E-state index is 0.105. The molecular formula is C22H24N2O3. The van der Waals surface area contributed by atoms with Crippen molar-refractivity contribution in [1.82, 2.24) is 9.80 Å². The van der Waals surface area contributed by atoms with Crippen molar-refractivity contribution in [1.29, 1.82) is 0 Å². The van der Waals surface area contributed by atoms with Crippen molar-refractivity contribution in [3.63, 3.8) is 0 Å². The monoisotopic (exact) mass is 364 g/mol. The molecular weight excluding hydrogens is 340 g/mol. The van der Waals surface area contributed by atoms with Crippen molar-refractivity contribution < 1.29 is 14.3 Å². The second-order valence-electron chi connectivity index (χ2n) is 7.71. The van der Waals surface area contributed by atoms with E-state index in [2.05, 4.69) is 47.2 Å². The molecule has 5 nitrogen and oxygen atoms in total. The summed E-state index contributed by atoms with van der Waals surface area (Å²) in [6, 6.07) is 12.6. The van der Waals surface area contributed by atoms with Gasteiger partial charge in [-0.05, 0) is 42.6 Å². The number of carbonyl (C=O) groups is 1. The normalized spacial score (nSPS) is 26.1. The van der Waals surface area contributed by atoms with Gasteiger partial charge in [-0.2, -0.15) is 0 Å². The molecule has 140 valence electrons. The lowest BCUT2D eigenvalue weighted by Crippen LogP contribution is -2.65. The number of likely N-dealkylation sites (N-methyl/N-ethyl adjacent to an activating group) is 1. The molecule has 2 aromatic carbocycles. The summed E-state index contributed by atoms with van der Waals surface area (Å²) in [6.07, 6.45) is 1.58. The van der Waals surface area contributed by atoms with Crippen LogP contribution in [0, 0.1) is 0 Å². The number of carbonyl (C=O) groups excluding carboxylic acids is 1. The summed E-state index contributed by atoms with van der Waals surface area (Å²) >= 11 is 0. The molecule has 2 bridgehead atoms. The topological polar surface area (TPSA) is 42.0 Å². The van der Waals surface area contributed by atoms with Gasteiger partial charge in [-0.3, -0.25) is 9.69 Å². The van der Waals surface area contributed by atoms with E-state index < -0.39 is 0 Å². The van der Waals surface area contributed by atoms with Crippen LogP contribution >= 0.6 is 0 Å². The minimum atomic E-state index is -0.109. The SMILES string of the molecule is COc1ccc2c(c1OC)[C@@H]1[C@H]3Cc4ccccc4CN3C(=O)[C@H](C2)N1C. The number of hydrogen-bond acceptors (Lipinski definition) is 4. The highest BCUT2D eigenvalue weighted by Crippen LogP contribution is 2.49. The third-order valence-corrected chi connectivity index (χ3v) is 6.53. The number of ether oxygens (including phenoxy) is 2. The highest BCUT2D eigenvalue weighted by molar-refractivity contribution is 5.85. The molecule has 5 heteroatoms. The molecule has 3 aliphatic heterocycles. The summed E-state index contributed by atoms with van der Waals surface area (Å²) in [6.45, 7) is 0.697. The van der Waals surface area contributed by atoms with E-state index in [4.69, 9.17) is 9.47 Å². The summed E-state index contributed by atoms with van der Waals surface area (Å²) in [5.41, 5.74) is 4.99. The Bertz CT molecular complexity index is 926. The maximum Gasteiger partial charge on any atom is 0.240 e. The van der Waals surface area contributed by atoms with Gasteiger partial charge < -0.3 is 14.4 Å². The third-order valence-electron chi connectivity index (χ3n) is 6.53. The minimum Gasteiger partial charge on any atom is -0.493 e. The summed E-state index contributed by atoms with van der Waals surface area (Å²) in [5, 5.41) is 0. The molecule has 0 aliphatic carbocycles. The second-order valence-corrected chi connectivity index (χ2v) is 7.71. The first kappa shape index (κ1) is 16.6. The Balaban J connectivity index is 1.69. The number of hydrogen-bond donors (Lipinski definition) is 0. The molecule has 3 atom stereocenters. The van der Waals surface area contributed by atoms with E-state index in [1.165, 1.54) is 22.3 Å². The van der Waals surface area contributed by atoms with Crippen LogP contribution in [0.1, 0.15) is 28.3 Å². The highest BCUT2D eigenvalue weighted by Gasteiger charge is 2.51. The van der Waals surface area contributed by atoms with E-state index in [-0.39, 0.29) is 24.0 Å². The molecule has 3 aliphatic rings. The summed E-state index contributed by atoms with van der Waals surface area (Å²) in [7, 11) is 5.45. The lowest BCUT2D eigenvalue weighted by Gasteiger charge is -2.55. The van der Waals surface area contributed by atoms with Crippen LogP contribution in [-0.2, 0) is 24.2 Å². The lowest BCUT2D eigenvalue weighted by molar-refractivity contribution is -0.153. The van der Waals surface area contributed by atoms with Crippen molar-refractivity contribution in [3.8, 4) is 11.5 Å². The molecule has 27 heavy (non-hydrogen) atoms. The second kappa shape index (κ2) is 5.99. The van der Waals surface area contributed by atoms with E-state index in [9.17, 15) is 4.79 Å². The quantitative estimate of drug-likeness (QED) is 0.821. The Morgan fingerprint density at radius 3 is 2.48 bits per heavy atom. The van der Waals surface area contributed by atoms with E-state index in [1.54, 1.807) is 14.2 Å². The van der Waals surface area contributed by atoms with Crippen molar-refractivity contribution >= 4 is 5.91 Å². The summed E-state index contributed by atoms with van der Waals surface area (Å²) in [4.78, 5) is 17.7. The maximum absolute atomic E-state index is 13.3. The van der Waals surface area contributed by atoms with Gasteiger partial charge in [0.15, 0.2) is 11.5 Å². The molecule has 0 saturated carbocycles. The first-order chi connectivity index (χ1) is 13.1. The number of amides is 1. The fourth-order valence-corrected chi connectivity index (χ4v) is 5.23. The molecule has 0 radical (unpaired) electrons. The van der Waals surface area contributed by atoms with Gasteiger partial charge in [0.2, 0.25) is 5.91 Å². The van der Waals surface area contributed by atoms with Crippen molar-refractivity contribution in [2.75, 3.05) is 21.3 Å². The third kappa shape index (κ3) is 2.24. The average molecular weight is 364 g/mol. The fourth-order valence-electron chi connectivity index (χ4n) is 5.23. The van der Waals surface area contributed by atoms with Gasteiger partial charge in [0.25, 0.3) is 0 Å². The van der Waals surface area contributed by atoms with Gasteiger partial charge in [-0.25, -0.2) is 0 Å². The zero-order chi connectivity index (χ0) is 18.7. The number of rotatable bonds is 2. The lowest BCUT2D eigenvalue weighted by atomic mass is 9.76. The fraction of sp³-hybridized carbons (Fsp3) is 0.409. The molecule has 1 fully saturated rings. The smallest absolute Gasteiger partial charge is 0.240 e. The van der Waals surface area contributed by atoms with E-state index in [0.717, 1.165) is 17.9 Å². The van der Waals surface area contributed by atoms with Gasteiger partial charge in [0.1, 0.15) is 0 Å². The number of fused-ring (bicyclic) bond motifs is 7. The van der Waals surface area contributed by atoms with E-state index in [1.807, 2.05) is 6.07 Å². The molecule has 5 rings (SSSR count). The number of benzene rings is 2. The van der Waals surface area contributed by atoms with Crippen LogP contribution in [0.5, 0.6) is 11.5 Å². The number of piperazine rings is 1. The average Bonchev–Trinajstić information content (AvgIpc) is 2.70. The van der Waals surface area contributed by atoms with Gasteiger partial charge >= 0.3 is 0 Å². The largest absolute Gasteiger partial charge is 0.493 e. The number of methoxy groups -OCH3 is 2. The predicted molar refractivity (Wildman–Crippen MR) is 102 cm³/mol. The zero-order valence-electron chi connectivity index (χ0n) is 15.9. The Kier molecular flexibility index (Phi) is 3.69. The predicted octanol–water partition coefficient (Wildman–Crippen LogP) is 2.57. The Labute approximate surface area is 159 Å². The van der Waals surface area contributed by atoms with Crippen LogP contribution in [0.25, 0.3) is 0 Å². The van der Waals surface area contributed by atoms with Crippen molar-refractivity contribution in [2.45, 2.75) is 37.5 Å². The summed E-state index contributed by atoms with van der Waals surface area (Å²) in [5.74, 6) is 1.80. The van der Waals surface area contributed by atoms with Crippen LogP contribution in [0.4, 0.5) is 0 Å². The molecule has 0 unspecified atom stereocenters. The van der Waals surface area contributed by atoms with Crippen LogP contribution < -0.4 is 9.47 Å². The maximum atomic E-state index is 13.3. The number of nitrogens with zero attached hydrogens (tertiary/aromatic N) is 2. The summed E-state index contributed by atoms with van der Waals surface area (Å²) < 4.78 is 11.4. The molecule has 1 amide bonds. The van der Waals surface area contributed by atoms with Gasteiger partial charge in [-0.1, -0.05) is 30.3 Å². The molecule has 3 heterocycles. The van der Waals surface area contributed by atoms with E-state index in [0.29, 0.717) is 13.0 Å². The standard InChI is InChI=1S/C22H24N2O3/c1-23-17-11-14-8-9-18(26-2)21(27-3)19(14)20(23)16-10-13-6-4-5-7-15(13)12-24(16)22(17)25/h4-9,16-17,20H,10-12H2,1-3H3/t16-,17+,20+/m1/s1. The molecule has 0 N–H and O–H groups in total. The molecule has 0 aromatic heterocycles. The molecule has 2 aromatic rings. The molecule has 0 spiro atoms. The van der Waals surface area contributed by atoms with Crippen LogP contribution in [0.2, 0.25) is 0 Å². The van der Waals surface area contributed by atoms with E-state index >= 15 is 0 Å². The molecule has 1 saturated heterocycles. The Hall–Kier alpha value is -2.53. The van der Waals surface area contributed by atoms with Crippen LogP contribution in [-0.4, -0.2) is 49.1 Å². The Morgan fingerprint density at radius 1 is 0.963 bits per heavy atom. The zero-order valence-corrected chi connectivity index (χ0v) is 15.9. The highest BCUT2D eigenvalue weighted by atomic mass is 16.5. The first-order valence-corrected chi connectivity index (χ1v) is 9.47. The van der Waals surface area contributed by atoms with Crippen molar-refractivity contribution in [3.05, 3.63) is 58.7 Å². The van der Waals surface area contributed by atoms with Crippen molar-refractivity contribution in [2.24, 2.45) is 0 Å². The van der Waals surface area contributed by atoms with Crippen LogP contribution in [0.15, 0.2) is 36.4 Å². The first-order valence-electron chi connectivity index (χ1n) is 9.47. The van der Waals surface area contributed by atoms with Gasteiger partial charge in [0, 0.05) is 12.1 Å². The van der Waals surface area contributed by atoms with Gasteiger partial charge in [0.05, 0.1) is 32.3 Å². The van der Waals surface area contributed by atoms with Gasteiger partial charge in [-0.15, -0.1) is 0 Å². The van der Waals surface area contributed by atoms with Crippen LogP contribution in [0.3, 0.4) is 0 Å². The Morgan fingerprint density at radius 2 is 1.74 bits per heavy atom.